The number of nitrogens with zero attached hydrogens (tertiary/aromatic N) is 4. The third-order valence-electron chi connectivity index (χ3n) is 9.30. The highest BCUT2D eigenvalue weighted by Gasteiger charge is 2.49. The summed E-state index contributed by atoms with van der Waals surface area (Å²) < 4.78 is 64.2. The maximum Gasteiger partial charge on any atom is 0.340 e. The fourth-order valence-electron chi connectivity index (χ4n) is 7.01. The first kappa shape index (κ1) is 31.9. The van der Waals surface area contributed by atoms with Crippen molar-refractivity contribution >= 4 is 38.2 Å². The van der Waals surface area contributed by atoms with Crippen LogP contribution in [0.1, 0.15) is 36.1 Å². The minimum atomic E-state index is -4.21. The summed E-state index contributed by atoms with van der Waals surface area (Å²) >= 11 is 6.73. The van der Waals surface area contributed by atoms with Crippen molar-refractivity contribution in [2.24, 2.45) is 0 Å². The molecule has 0 saturated carbocycles. The number of ether oxygens (including phenoxy) is 3. The Bertz CT molecular complexity index is 1910. The Hall–Kier alpha value is -3.71. The topological polar surface area (TPSA) is 103 Å². The Kier molecular flexibility index (Phi) is 8.62. The van der Waals surface area contributed by atoms with Crippen LogP contribution in [0.25, 0.3) is 10.8 Å². The molecule has 47 heavy (non-hydrogen) atoms. The van der Waals surface area contributed by atoms with Crippen LogP contribution in [0.5, 0.6) is 17.6 Å². The normalized spacial score (nSPS) is 21.1. The molecule has 0 aliphatic carbocycles. The molecule has 3 aliphatic heterocycles. The van der Waals surface area contributed by atoms with E-state index in [1.54, 1.807) is 19.2 Å². The standard InChI is InChI=1S/C34H36ClFN4O6S/c1-22-7-9-26(10-8-22)47(41,42)46-32-27-11-14-39(30-16-25(45-21-43-2)15-23-5-3-6-28(35)31(23)30)19-29(27)37-33(38-32)44-20-34-12-4-13-40(34)18-24(36)17-34/h3,5-10,15-16,24H,4,11-14,17-21H2,1-2H3/t24-,34+/m1/s1. The highest BCUT2D eigenvalue weighted by Crippen LogP contribution is 2.42. The van der Waals surface area contributed by atoms with E-state index < -0.39 is 21.8 Å². The number of benzene rings is 3. The van der Waals surface area contributed by atoms with Crippen LogP contribution in [0.15, 0.2) is 59.5 Å². The third kappa shape index (κ3) is 6.31. The molecule has 0 radical (unpaired) electrons. The maximum absolute atomic E-state index is 14.5. The van der Waals surface area contributed by atoms with E-state index in [4.69, 9.17) is 35.0 Å². The summed E-state index contributed by atoms with van der Waals surface area (Å²) in [4.78, 5) is 13.6. The van der Waals surface area contributed by atoms with Gasteiger partial charge in [0.05, 0.1) is 28.5 Å². The van der Waals surface area contributed by atoms with Crippen LogP contribution in [-0.4, -0.2) is 75.1 Å². The Morgan fingerprint density at radius 2 is 1.91 bits per heavy atom. The van der Waals surface area contributed by atoms with Gasteiger partial charge in [0, 0.05) is 43.6 Å². The van der Waals surface area contributed by atoms with E-state index in [0.29, 0.717) is 54.5 Å². The number of anilines is 1. The lowest BCUT2D eigenvalue weighted by Gasteiger charge is -2.33. The first-order chi connectivity index (χ1) is 22.6. The summed E-state index contributed by atoms with van der Waals surface area (Å²) in [5.41, 5.74) is 2.47. The Balaban J connectivity index is 1.26. The van der Waals surface area contributed by atoms with Crippen molar-refractivity contribution in [1.82, 2.24) is 14.9 Å². The number of aryl methyl sites for hydroxylation is 1. The smallest absolute Gasteiger partial charge is 0.340 e. The highest BCUT2D eigenvalue weighted by atomic mass is 35.5. The van der Waals surface area contributed by atoms with Crippen LogP contribution >= 0.6 is 11.6 Å². The molecule has 248 valence electrons. The van der Waals surface area contributed by atoms with Crippen molar-refractivity contribution in [3.8, 4) is 17.6 Å². The summed E-state index contributed by atoms with van der Waals surface area (Å²) in [5, 5.41) is 2.34. The lowest BCUT2D eigenvalue weighted by Crippen LogP contribution is -2.43. The molecular formula is C34H36ClFN4O6S. The quantitative estimate of drug-likeness (QED) is 0.149. The first-order valence-corrected chi connectivity index (χ1v) is 17.4. The van der Waals surface area contributed by atoms with Gasteiger partial charge in [0.25, 0.3) is 0 Å². The SMILES string of the molecule is COCOc1cc(N2CCc3c(nc(OC[C@@]45CCCN4C[C@H](F)C5)nc3OS(=O)(=O)c3ccc(C)cc3)C2)c2c(Cl)cccc2c1. The molecule has 0 unspecified atom stereocenters. The molecule has 0 N–H and O–H groups in total. The van der Waals surface area contributed by atoms with Crippen LogP contribution in [0.2, 0.25) is 5.02 Å². The highest BCUT2D eigenvalue weighted by molar-refractivity contribution is 7.87. The second-order valence-corrected chi connectivity index (χ2v) is 14.4. The molecule has 13 heteroatoms. The molecule has 2 saturated heterocycles. The maximum atomic E-state index is 14.5. The predicted octanol–water partition coefficient (Wildman–Crippen LogP) is 5.86. The molecule has 0 spiro atoms. The van der Waals surface area contributed by atoms with Crippen LogP contribution < -0.4 is 18.6 Å². The van der Waals surface area contributed by atoms with E-state index in [2.05, 4.69) is 14.8 Å². The lowest BCUT2D eigenvalue weighted by atomic mass is 9.95. The summed E-state index contributed by atoms with van der Waals surface area (Å²) in [6.45, 7) is 4.16. The van der Waals surface area contributed by atoms with E-state index >= 15 is 0 Å². The molecule has 0 bridgehead atoms. The van der Waals surface area contributed by atoms with Crippen molar-refractivity contribution in [2.45, 2.75) is 55.8 Å². The largest absolute Gasteiger partial charge is 0.467 e. The number of fused-ring (bicyclic) bond motifs is 3. The van der Waals surface area contributed by atoms with Gasteiger partial charge in [0.1, 0.15) is 23.4 Å². The van der Waals surface area contributed by atoms with Crippen molar-refractivity contribution < 1.29 is 31.2 Å². The summed E-state index contributed by atoms with van der Waals surface area (Å²) in [6, 6.07) is 15.9. The Morgan fingerprint density at radius 3 is 2.72 bits per heavy atom. The molecular weight excluding hydrogens is 647 g/mol. The Labute approximate surface area is 278 Å². The van der Waals surface area contributed by atoms with E-state index in [-0.39, 0.29) is 30.2 Å². The van der Waals surface area contributed by atoms with Crippen molar-refractivity contribution in [1.29, 1.82) is 0 Å². The summed E-state index contributed by atoms with van der Waals surface area (Å²) in [5.74, 6) is 0.548. The van der Waals surface area contributed by atoms with Gasteiger partial charge in [-0.2, -0.15) is 18.4 Å². The fraction of sp³-hybridized carbons (Fsp3) is 0.412. The number of rotatable bonds is 10. The van der Waals surface area contributed by atoms with Crippen molar-refractivity contribution in [3.63, 3.8) is 0 Å². The van der Waals surface area contributed by atoms with Gasteiger partial charge >= 0.3 is 16.1 Å². The summed E-state index contributed by atoms with van der Waals surface area (Å²) in [7, 11) is -2.65. The van der Waals surface area contributed by atoms with Gasteiger partial charge in [-0.3, -0.25) is 4.90 Å². The molecule has 3 aromatic carbocycles. The second kappa shape index (κ2) is 12.7. The van der Waals surface area contributed by atoms with E-state index in [1.165, 1.54) is 12.1 Å². The van der Waals surface area contributed by atoms with E-state index in [0.717, 1.165) is 41.4 Å². The predicted molar refractivity (Wildman–Crippen MR) is 176 cm³/mol. The number of aromatic nitrogens is 2. The van der Waals surface area contributed by atoms with Gasteiger partial charge in [0.2, 0.25) is 5.88 Å². The first-order valence-electron chi connectivity index (χ1n) is 15.7. The molecule has 2 atom stereocenters. The minimum Gasteiger partial charge on any atom is -0.467 e. The number of halogens is 2. The molecule has 1 aromatic heterocycles. The zero-order valence-electron chi connectivity index (χ0n) is 26.2. The third-order valence-corrected chi connectivity index (χ3v) is 10.8. The zero-order valence-corrected chi connectivity index (χ0v) is 27.8. The van der Waals surface area contributed by atoms with Crippen molar-refractivity contribution in [2.75, 3.05) is 45.0 Å². The number of hydrogen-bond acceptors (Lipinski definition) is 10. The number of hydrogen-bond donors (Lipinski definition) is 0. The van der Waals surface area contributed by atoms with Gasteiger partial charge in [-0.1, -0.05) is 41.4 Å². The van der Waals surface area contributed by atoms with Crippen LogP contribution in [-0.2, 0) is 27.8 Å². The van der Waals surface area contributed by atoms with Gasteiger partial charge < -0.3 is 23.3 Å². The Morgan fingerprint density at radius 1 is 1.09 bits per heavy atom. The molecule has 3 aliphatic rings. The monoisotopic (exact) mass is 682 g/mol. The summed E-state index contributed by atoms with van der Waals surface area (Å²) in [6.07, 6.45) is 1.63. The van der Waals surface area contributed by atoms with E-state index in [1.807, 2.05) is 37.3 Å². The number of alkyl halides is 1. The number of methoxy groups -OCH3 is 1. The molecule has 7 rings (SSSR count). The van der Waals surface area contributed by atoms with Gasteiger partial charge in [-0.05, 0) is 62.4 Å². The lowest BCUT2D eigenvalue weighted by molar-refractivity contribution is 0.0512. The molecule has 0 amide bonds. The molecule has 2 fully saturated rings. The van der Waals surface area contributed by atoms with Gasteiger partial charge in [-0.15, -0.1) is 0 Å². The second-order valence-electron chi connectivity index (χ2n) is 12.5. The fourth-order valence-corrected chi connectivity index (χ4v) is 8.20. The van der Waals surface area contributed by atoms with Gasteiger partial charge in [0.15, 0.2) is 6.79 Å². The van der Waals surface area contributed by atoms with Crippen LogP contribution in [0, 0.1) is 6.92 Å². The van der Waals surface area contributed by atoms with Crippen LogP contribution in [0.3, 0.4) is 0 Å². The van der Waals surface area contributed by atoms with Crippen LogP contribution in [0.4, 0.5) is 10.1 Å². The molecule has 4 heterocycles. The van der Waals surface area contributed by atoms with Gasteiger partial charge in [-0.25, -0.2) is 4.39 Å². The molecule has 4 aromatic rings. The van der Waals surface area contributed by atoms with E-state index in [9.17, 15) is 12.8 Å². The average Bonchev–Trinajstić information content (AvgIpc) is 3.58. The van der Waals surface area contributed by atoms with Crippen molar-refractivity contribution in [3.05, 3.63) is 76.4 Å². The molecule has 10 nitrogen and oxygen atoms in total. The average molecular weight is 683 g/mol. The zero-order chi connectivity index (χ0) is 32.8. The minimum absolute atomic E-state index is 0.0108.